The van der Waals surface area contributed by atoms with Gasteiger partial charge in [0.05, 0.1) is 5.56 Å². The number of hydrogen-bond acceptors (Lipinski definition) is 2. The Bertz CT molecular complexity index is 525. The van der Waals surface area contributed by atoms with E-state index in [1.54, 1.807) is 17.0 Å². The molecule has 0 aromatic heterocycles. The van der Waals surface area contributed by atoms with E-state index in [-0.39, 0.29) is 11.5 Å². The number of amides is 1. The van der Waals surface area contributed by atoms with Crippen molar-refractivity contribution in [3.63, 3.8) is 0 Å². The van der Waals surface area contributed by atoms with Crippen molar-refractivity contribution in [2.75, 3.05) is 11.4 Å². The van der Waals surface area contributed by atoms with Gasteiger partial charge in [-0.15, -0.1) is 0 Å². The fourth-order valence-electron chi connectivity index (χ4n) is 2.79. The van der Waals surface area contributed by atoms with E-state index in [0.29, 0.717) is 13.0 Å². The lowest BCUT2D eigenvalue weighted by Gasteiger charge is -2.17. The van der Waals surface area contributed by atoms with E-state index in [1.807, 2.05) is 6.07 Å². The maximum absolute atomic E-state index is 12.3. The highest BCUT2D eigenvalue weighted by Gasteiger charge is 2.25. The highest BCUT2D eigenvalue weighted by atomic mass is 16.4. The third-order valence-corrected chi connectivity index (χ3v) is 4.02. The van der Waals surface area contributed by atoms with Crippen molar-refractivity contribution in [3.05, 3.63) is 29.3 Å². The van der Waals surface area contributed by atoms with Gasteiger partial charge < -0.3 is 10.0 Å². The number of hydrogen-bond donors (Lipinski definition) is 1. The molecule has 0 bridgehead atoms. The van der Waals surface area contributed by atoms with Crippen LogP contribution in [-0.4, -0.2) is 23.5 Å². The Morgan fingerprint density at radius 2 is 1.95 bits per heavy atom. The summed E-state index contributed by atoms with van der Waals surface area (Å²) in [7, 11) is 0. The number of nitrogens with zero attached hydrogens (tertiary/aromatic N) is 1. The Morgan fingerprint density at radius 3 is 2.67 bits per heavy atom. The molecule has 0 saturated carbocycles. The molecular weight excluding hydrogens is 266 g/mol. The molecule has 1 heterocycles. The largest absolute Gasteiger partial charge is 0.478 e. The predicted molar refractivity (Wildman–Crippen MR) is 82.8 cm³/mol. The first-order valence-corrected chi connectivity index (χ1v) is 7.80. The summed E-state index contributed by atoms with van der Waals surface area (Å²) in [6.07, 6.45) is 6.99. The van der Waals surface area contributed by atoms with Crippen LogP contribution in [0.3, 0.4) is 0 Å². The summed E-state index contributed by atoms with van der Waals surface area (Å²) in [6, 6.07) is 5.06. The Kier molecular flexibility index (Phi) is 5.37. The van der Waals surface area contributed by atoms with Crippen LogP contribution in [0.15, 0.2) is 18.2 Å². The molecule has 0 radical (unpaired) electrons. The van der Waals surface area contributed by atoms with E-state index in [9.17, 15) is 9.59 Å². The number of carboxylic acids is 1. The fraction of sp³-hybridized carbons (Fsp3) is 0.529. The van der Waals surface area contributed by atoms with Gasteiger partial charge in [-0.3, -0.25) is 4.79 Å². The van der Waals surface area contributed by atoms with Crippen LogP contribution in [0.1, 0.15) is 61.4 Å². The summed E-state index contributed by atoms with van der Waals surface area (Å²) in [5.41, 5.74) is 2.10. The number of benzene rings is 1. The van der Waals surface area contributed by atoms with E-state index in [2.05, 4.69) is 6.92 Å². The summed E-state index contributed by atoms with van der Waals surface area (Å²) in [6.45, 7) is 2.85. The van der Waals surface area contributed by atoms with Crippen LogP contribution < -0.4 is 4.90 Å². The zero-order chi connectivity index (χ0) is 15.2. The van der Waals surface area contributed by atoms with Gasteiger partial charge in [0.2, 0.25) is 5.91 Å². The number of carbonyl (C=O) groups excluding carboxylic acids is 1. The average Bonchev–Trinajstić information content (AvgIpc) is 2.89. The molecule has 0 saturated heterocycles. The number of fused-ring (bicyclic) bond motifs is 1. The number of carbonyl (C=O) groups is 2. The molecule has 1 N–H and O–H groups in total. The third-order valence-electron chi connectivity index (χ3n) is 4.02. The number of aromatic carboxylic acids is 1. The second-order valence-corrected chi connectivity index (χ2v) is 5.61. The zero-order valence-corrected chi connectivity index (χ0v) is 12.6. The lowest BCUT2D eigenvalue weighted by Crippen LogP contribution is -2.28. The van der Waals surface area contributed by atoms with E-state index >= 15 is 0 Å². The minimum atomic E-state index is -0.948. The first-order valence-electron chi connectivity index (χ1n) is 7.80. The lowest BCUT2D eigenvalue weighted by molar-refractivity contribution is -0.118. The quantitative estimate of drug-likeness (QED) is 0.780. The number of unbranched alkanes of at least 4 members (excludes halogenated alkanes) is 4. The highest BCUT2D eigenvalue weighted by molar-refractivity contribution is 5.97. The molecule has 2 rings (SSSR count). The summed E-state index contributed by atoms with van der Waals surface area (Å²) in [5.74, 6) is -0.829. The normalized spacial score (nSPS) is 13.3. The van der Waals surface area contributed by atoms with Crippen LogP contribution in [0.5, 0.6) is 0 Å². The molecule has 21 heavy (non-hydrogen) atoms. The first kappa shape index (κ1) is 15.5. The molecule has 4 nitrogen and oxygen atoms in total. The molecule has 0 unspecified atom stereocenters. The Hall–Kier alpha value is -1.84. The molecule has 1 amide bonds. The van der Waals surface area contributed by atoms with Crippen molar-refractivity contribution < 1.29 is 14.7 Å². The smallest absolute Gasteiger partial charge is 0.335 e. The monoisotopic (exact) mass is 289 g/mol. The maximum Gasteiger partial charge on any atom is 0.335 e. The third kappa shape index (κ3) is 3.84. The van der Waals surface area contributed by atoms with Crippen LogP contribution in [-0.2, 0) is 11.2 Å². The van der Waals surface area contributed by atoms with Crippen molar-refractivity contribution >= 4 is 17.6 Å². The summed E-state index contributed by atoms with van der Waals surface area (Å²) >= 11 is 0. The van der Waals surface area contributed by atoms with E-state index in [0.717, 1.165) is 30.5 Å². The second-order valence-electron chi connectivity index (χ2n) is 5.61. The molecule has 0 aliphatic carbocycles. The van der Waals surface area contributed by atoms with E-state index < -0.39 is 5.97 Å². The van der Waals surface area contributed by atoms with Crippen LogP contribution >= 0.6 is 0 Å². The van der Waals surface area contributed by atoms with Crippen molar-refractivity contribution in [2.24, 2.45) is 0 Å². The highest BCUT2D eigenvalue weighted by Crippen LogP contribution is 2.30. The number of anilines is 1. The molecule has 114 valence electrons. The van der Waals surface area contributed by atoms with E-state index in [4.69, 9.17) is 5.11 Å². The predicted octanol–water partition coefficient (Wildman–Crippen LogP) is 3.63. The fourth-order valence-corrected chi connectivity index (χ4v) is 2.79. The molecular formula is C17H23NO3. The molecule has 0 atom stereocenters. The van der Waals surface area contributed by atoms with Gasteiger partial charge in [0.1, 0.15) is 0 Å². The topological polar surface area (TPSA) is 57.6 Å². The van der Waals surface area contributed by atoms with Gasteiger partial charge in [-0.25, -0.2) is 4.79 Å². The van der Waals surface area contributed by atoms with Crippen molar-refractivity contribution in [1.82, 2.24) is 0 Å². The van der Waals surface area contributed by atoms with Crippen LogP contribution in [0, 0.1) is 0 Å². The number of carboxylic acid groups (broad SMARTS) is 1. The first-order chi connectivity index (χ1) is 10.1. The van der Waals surface area contributed by atoms with E-state index in [1.165, 1.54) is 19.3 Å². The Morgan fingerprint density at radius 1 is 1.19 bits per heavy atom. The van der Waals surface area contributed by atoms with Crippen molar-refractivity contribution in [3.8, 4) is 0 Å². The summed E-state index contributed by atoms with van der Waals surface area (Å²) < 4.78 is 0. The molecule has 1 aromatic carbocycles. The van der Waals surface area contributed by atoms with Crippen molar-refractivity contribution in [2.45, 2.75) is 51.9 Å². The summed E-state index contributed by atoms with van der Waals surface area (Å²) in [4.78, 5) is 25.1. The lowest BCUT2D eigenvalue weighted by atomic mass is 10.1. The van der Waals surface area contributed by atoms with Crippen LogP contribution in [0.2, 0.25) is 0 Å². The van der Waals surface area contributed by atoms with Crippen LogP contribution in [0.25, 0.3) is 0 Å². The Balaban J connectivity index is 1.96. The van der Waals surface area contributed by atoms with Gasteiger partial charge in [0.25, 0.3) is 0 Å². The van der Waals surface area contributed by atoms with Gasteiger partial charge >= 0.3 is 5.97 Å². The minimum Gasteiger partial charge on any atom is -0.478 e. The summed E-state index contributed by atoms with van der Waals surface area (Å²) in [5, 5.41) is 9.06. The standard InChI is InChI=1S/C17H23NO3/c1-2-3-4-5-6-7-16(19)18-11-10-13-8-9-14(17(20)21)12-15(13)18/h8-9,12H,2-7,10-11H2,1H3,(H,20,21). The Labute approximate surface area is 125 Å². The van der Waals surface area contributed by atoms with Gasteiger partial charge in [-0.05, 0) is 30.5 Å². The molecule has 0 fully saturated rings. The molecule has 4 heteroatoms. The molecule has 1 aliphatic rings. The SMILES string of the molecule is CCCCCCCC(=O)N1CCc2ccc(C(=O)O)cc21. The average molecular weight is 289 g/mol. The van der Waals surface area contributed by atoms with Gasteiger partial charge in [0, 0.05) is 18.7 Å². The molecule has 0 spiro atoms. The number of rotatable bonds is 7. The van der Waals surface area contributed by atoms with Gasteiger partial charge in [-0.1, -0.05) is 38.7 Å². The maximum atomic E-state index is 12.3. The second kappa shape index (κ2) is 7.25. The van der Waals surface area contributed by atoms with Crippen LogP contribution in [0.4, 0.5) is 5.69 Å². The minimum absolute atomic E-state index is 0.118. The van der Waals surface area contributed by atoms with Gasteiger partial charge in [0.15, 0.2) is 0 Å². The molecule has 1 aliphatic heterocycles. The molecule has 1 aromatic rings. The van der Waals surface area contributed by atoms with Gasteiger partial charge in [-0.2, -0.15) is 0 Å². The zero-order valence-electron chi connectivity index (χ0n) is 12.6. The van der Waals surface area contributed by atoms with Crippen molar-refractivity contribution in [1.29, 1.82) is 0 Å².